The largest absolute Gasteiger partial charge is 0.242 e. The lowest BCUT2D eigenvalue weighted by molar-refractivity contribution is 0.494. The minimum atomic E-state index is -1.98. The fourth-order valence-corrected chi connectivity index (χ4v) is 4.09. The fourth-order valence-electron chi connectivity index (χ4n) is 0.930. The second-order valence-corrected chi connectivity index (χ2v) is 8.09. The highest BCUT2D eigenvalue weighted by molar-refractivity contribution is 8.74. The molecule has 0 aromatic carbocycles. The van der Waals surface area contributed by atoms with Gasteiger partial charge in [-0.05, 0) is 12.1 Å². The number of hydrogen-bond donors (Lipinski definition) is 0. The van der Waals surface area contributed by atoms with Gasteiger partial charge in [-0.2, -0.15) is 11.8 Å². The highest BCUT2D eigenvalue weighted by atomic mass is 33.1. The molecule has 0 saturated carbocycles. The maximum atomic E-state index is 11.7. The molecule has 0 amide bonds. The summed E-state index contributed by atoms with van der Waals surface area (Å²) < 4.78 is 13.7. The average Bonchev–Trinajstić information content (AvgIpc) is 2.06. The van der Waals surface area contributed by atoms with Gasteiger partial charge in [0.05, 0.1) is 8.74 Å². The van der Waals surface area contributed by atoms with Gasteiger partial charge in [-0.1, -0.05) is 10.8 Å². The predicted molar refractivity (Wildman–Crippen MR) is 57.7 cm³/mol. The van der Waals surface area contributed by atoms with Crippen molar-refractivity contribution < 1.29 is 4.21 Å². The Balaban J connectivity index is 2.58. The summed E-state index contributed by atoms with van der Waals surface area (Å²) >= 11 is 1.92. The molecule has 0 bridgehead atoms. The van der Waals surface area contributed by atoms with Crippen molar-refractivity contribution in [2.45, 2.75) is 0 Å². The van der Waals surface area contributed by atoms with E-state index in [4.69, 9.17) is 0 Å². The third-order valence-corrected chi connectivity index (χ3v) is 6.43. The first-order chi connectivity index (χ1) is 5.17. The van der Waals surface area contributed by atoms with Crippen molar-refractivity contribution in [1.82, 2.24) is 4.31 Å². The van der Waals surface area contributed by atoms with Gasteiger partial charge in [0.2, 0.25) is 0 Å². The van der Waals surface area contributed by atoms with Gasteiger partial charge in [0.15, 0.2) is 0 Å². The van der Waals surface area contributed by atoms with Crippen molar-refractivity contribution in [1.29, 1.82) is 0 Å². The van der Waals surface area contributed by atoms with Crippen LogP contribution in [0.1, 0.15) is 0 Å². The van der Waals surface area contributed by atoms with Crippen molar-refractivity contribution in [3.05, 3.63) is 0 Å². The van der Waals surface area contributed by atoms with Gasteiger partial charge in [0, 0.05) is 24.6 Å². The average molecular weight is 211 g/mol. The molecule has 1 saturated heterocycles. The molecule has 1 aliphatic rings. The third-order valence-electron chi connectivity index (χ3n) is 1.62. The van der Waals surface area contributed by atoms with Gasteiger partial charge >= 0.3 is 0 Å². The van der Waals surface area contributed by atoms with Gasteiger partial charge in [-0.3, -0.25) is 0 Å². The fraction of sp³-hybridized carbons (Fsp3) is 0.833. The van der Waals surface area contributed by atoms with Crippen LogP contribution in [0.25, 0.3) is 0 Å². The van der Waals surface area contributed by atoms with Crippen molar-refractivity contribution in [3.63, 3.8) is 0 Å². The Bertz CT molecular complexity index is 206. The Labute approximate surface area is 76.6 Å². The lowest BCUT2D eigenvalue weighted by Crippen LogP contribution is -2.35. The SMILES string of the molecule is C=S(=O)(SC)N1CCSCC1. The van der Waals surface area contributed by atoms with Crippen LogP contribution < -0.4 is 0 Å². The summed E-state index contributed by atoms with van der Waals surface area (Å²) in [4.78, 5) is 0. The first-order valence-electron chi connectivity index (χ1n) is 3.42. The molecular weight excluding hydrogens is 198 g/mol. The Morgan fingerprint density at radius 1 is 1.55 bits per heavy atom. The quantitative estimate of drug-likeness (QED) is 0.501. The van der Waals surface area contributed by atoms with Crippen LogP contribution in [0, 0.1) is 0 Å². The molecule has 0 radical (unpaired) electrons. The Kier molecular flexibility index (Phi) is 3.61. The molecule has 5 heteroatoms. The minimum Gasteiger partial charge on any atom is -0.242 e. The van der Waals surface area contributed by atoms with Crippen LogP contribution in [0.3, 0.4) is 0 Å². The summed E-state index contributed by atoms with van der Waals surface area (Å²) in [5.74, 6) is 5.90. The number of thioether (sulfide) groups is 1. The summed E-state index contributed by atoms with van der Waals surface area (Å²) in [6.07, 6.45) is 1.86. The number of rotatable bonds is 2. The Morgan fingerprint density at radius 3 is 2.55 bits per heavy atom. The molecule has 0 aliphatic carbocycles. The molecule has 66 valence electrons. The highest BCUT2D eigenvalue weighted by Gasteiger charge is 2.17. The normalized spacial score (nSPS) is 26.3. The monoisotopic (exact) mass is 211 g/mol. The maximum absolute atomic E-state index is 11.7. The van der Waals surface area contributed by atoms with Crippen LogP contribution in [0.4, 0.5) is 0 Å². The molecular formula is C6H13NOS3. The standard InChI is InChI=1S/C6H13NOS3/c1-9-11(2,8)7-3-5-10-6-4-7/h2-6H2,1H3. The second kappa shape index (κ2) is 4.07. The summed E-state index contributed by atoms with van der Waals surface area (Å²) in [6, 6.07) is 0. The lowest BCUT2D eigenvalue weighted by atomic mass is 10.6. The maximum Gasteiger partial charge on any atom is 0.0790 e. The molecule has 0 N–H and O–H groups in total. The molecule has 11 heavy (non-hydrogen) atoms. The predicted octanol–water partition coefficient (Wildman–Crippen LogP) is 0.945. The molecule has 1 fully saturated rings. The summed E-state index contributed by atoms with van der Waals surface area (Å²) in [5.41, 5.74) is 0. The summed E-state index contributed by atoms with van der Waals surface area (Å²) in [7, 11) is -0.618. The van der Waals surface area contributed by atoms with Gasteiger partial charge < -0.3 is 0 Å². The van der Waals surface area contributed by atoms with E-state index < -0.39 is 8.74 Å². The van der Waals surface area contributed by atoms with Gasteiger partial charge in [-0.25, -0.2) is 8.51 Å². The van der Waals surface area contributed by atoms with Crippen LogP contribution in [0.15, 0.2) is 0 Å². The second-order valence-electron chi connectivity index (χ2n) is 2.29. The van der Waals surface area contributed by atoms with Gasteiger partial charge in [-0.15, -0.1) is 0 Å². The molecule has 1 atom stereocenters. The Hall–Kier alpha value is 0.680. The van der Waals surface area contributed by atoms with E-state index in [0.29, 0.717) is 0 Å². The van der Waals surface area contributed by atoms with Crippen LogP contribution in [0.2, 0.25) is 0 Å². The van der Waals surface area contributed by atoms with Crippen molar-refractivity contribution >= 4 is 37.2 Å². The summed E-state index contributed by atoms with van der Waals surface area (Å²) in [5, 5.41) is 0. The topological polar surface area (TPSA) is 20.3 Å². The third kappa shape index (κ3) is 2.57. The smallest absolute Gasteiger partial charge is 0.0790 e. The first kappa shape index (κ1) is 9.77. The van der Waals surface area contributed by atoms with Crippen LogP contribution in [0.5, 0.6) is 0 Å². The van der Waals surface area contributed by atoms with E-state index in [-0.39, 0.29) is 0 Å². The number of nitrogens with zero attached hydrogens (tertiary/aromatic N) is 1. The zero-order valence-corrected chi connectivity index (χ0v) is 9.07. The molecule has 1 rings (SSSR count). The van der Waals surface area contributed by atoms with E-state index in [1.165, 1.54) is 10.8 Å². The van der Waals surface area contributed by atoms with Crippen molar-refractivity contribution in [2.24, 2.45) is 0 Å². The zero-order chi connectivity index (χ0) is 8.32. The van der Waals surface area contributed by atoms with Crippen molar-refractivity contribution in [3.8, 4) is 0 Å². The van der Waals surface area contributed by atoms with E-state index in [0.717, 1.165) is 24.6 Å². The van der Waals surface area contributed by atoms with E-state index in [1.807, 2.05) is 22.3 Å². The van der Waals surface area contributed by atoms with Crippen LogP contribution in [-0.2, 0) is 8.74 Å². The zero-order valence-electron chi connectivity index (χ0n) is 6.62. The van der Waals surface area contributed by atoms with E-state index in [9.17, 15) is 4.21 Å². The Morgan fingerprint density at radius 2 is 2.09 bits per heavy atom. The lowest BCUT2D eigenvalue weighted by Gasteiger charge is -2.27. The number of hydrogen-bond acceptors (Lipinski definition) is 3. The van der Waals surface area contributed by atoms with E-state index in [2.05, 4.69) is 5.87 Å². The van der Waals surface area contributed by atoms with E-state index >= 15 is 0 Å². The molecule has 0 spiro atoms. The minimum absolute atomic E-state index is 0.924. The van der Waals surface area contributed by atoms with E-state index in [1.54, 1.807) is 0 Å². The molecule has 1 aliphatic heterocycles. The van der Waals surface area contributed by atoms with Crippen LogP contribution >= 0.6 is 22.6 Å². The van der Waals surface area contributed by atoms with Gasteiger partial charge in [0.1, 0.15) is 0 Å². The molecule has 0 aromatic rings. The van der Waals surface area contributed by atoms with Gasteiger partial charge in [0.25, 0.3) is 0 Å². The summed E-state index contributed by atoms with van der Waals surface area (Å²) in [6.45, 7) is 1.85. The first-order valence-corrected chi connectivity index (χ1v) is 8.00. The van der Waals surface area contributed by atoms with Crippen LogP contribution in [-0.4, -0.2) is 45.2 Å². The van der Waals surface area contributed by atoms with Crippen molar-refractivity contribution in [2.75, 3.05) is 30.9 Å². The molecule has 2 nitrogen and oxygen atoms in total. The molecule has 1 unspecified atom stereocenters. The molecule has 0 aromatic heterocycles. The highest BCUT2D eigenvalue weighted by Crippen LogP contribution is 2.19. The molecule has 1 heterocycles.